The number of aromatic nitrogens is 1. The maximum Gasteiger partial charge on any atom is 0.251 e. The summed E-state index contributed by atoms with van der Waals surface area (Å²) >= 11 is 0. The van der Waals surface area contributed by atoms with E-state index in [1.54, 1.807) is 18.2 Å². The first-order chi connectivity index (χ1) is 9.86. The number of hydrogen-bond donors (Lipinski definition) is 2. The van der Waals surface area contributed by atoms with E-state index in [1.165, 1.54) is 6.07 Å². The Morgan fingerprint density at radius 3 is 2.57 bits per heavy atom. The number of amides is 1. The van der Waals surface area contributed by atoms with Gasteiger partial charge < -0.3 is 10.4 Å². The molecule has 0 saturated carbocycles. The van der Waals surface area contributed by atoms with Crippen LogP contribution in [-0.2, 0) is 12.0 Å². The Balaban J connectivity index is 2.07. The fourth-order valence-corrected chi connectivity index (χ4v) is 1.97. The van der Waals surface area contributed by atoms with Crippen LogP contribution >= 0.6 is 0 Å². The first-order valence-electron chi connectivity index (χ1n) is 6.90. The zero-order chi connectivity index (χ0) is 15.5. The molecule has 0 unspecified atom stereocenters. The van der Waals surface area contributed by atoms with E-state index in [2.05, 4.69) is 31.1 Å². The summed E-state index contributed by atoms with van der Waals surface area (Å²) in [6, 6.07) is 12.6. The molecule has 0 spiro atoms. The van der Waals surface area contributed by atoms with E-state index in [9.17, 15) is 9.90 Å². The molecule has 0 aliphatic carbocycles. The molecular formula is C17H20N2O2. The molecule has 4 heteroatoms. The topological polar surface area (TPSA) is 62.2 Å². The average Bonchev–Trinajstić information content (AvgIpc) is 2.44. The number of hydrogen-bond acceptors (Lipinski definition) is 3. The van der Waals surface area contributed by atoms with E-state index in [4.69, 9.17) is 0 Å². The van der Waals surface area contributed by atoms with Crippen molar-refractivity contribution in [1.29, 1.82) is 0 Å². The maximum atomic E-state index is 12.2. The number of nitrogens with one attached hydrogen (secondary N) is 1. The molecule has 0 radical (unpaired) electrons. The summed E-state index contributed by atoms with van der Waals surface area (Å²) < 4.78 is 0. The number of rotatable bonds is 3. The van der Waals surface area contributed by atoms with Gasteiger partial charge in [0.2, 0.25) is 5.88 Å². The Morgan fingerprint density at radius 1 is 1.19 bits per heavy atom. The highest BCUT2D eigenvalue weighted by Crippen LogP contribution is 2.22. The van der Waals surface area contributed by atoms with Crippen molar-refractivity contribution in [2.75, 3.05) is 0 Å². The minimum atomic E-state index is -0.147. The van der Waals surface area contributed by atoms with Crippen molar-refractivity contribution in [3.05, 3.63) is 59.3 Å². The summed E-state index contributed by atoms with van der Waals surface area (Å²) in [5, 5.41) is 12.1. The van der Waals surface area contributed by atoms with E-state index < -0.39 is 0 Å². The molecule has 1 aromatic heterocycles. The molecule has 2 aromatic rings. The zero-order valence-corrected chi connectivity index (χ0v) is 12.6. The lowest BCUT2D eigenvalue weighted by Gasteiger charge is -2.19. The molecule has 4 nitrogen and oxygen atoms in total. The molecule has 1 amide bonds. The summed E-state index contributed by atoms with van der Waals surface area (Å²) in [6.45, 7) is 6.62. The SMILES string of the molecule is CC(C)(C)c1cccc(C(=O)NCc2cccc(O)n2)c1. The summed E-state index contributed by atoms with van der Waals surface area (Å²) in [7, 11) is 0. The Bertz CT molecular complexity index is 645. The quantitative estimate of drug-likeness (QED) is 0.910. The molecule has 0 saturated heterocycles. The van der Waals surface area contributed by atoms with Crippen LogP contribution < -0.4 is 5.32 Å². The molecule has 0 aliphatic rings. The third-order valence-electron chi connectivity index (χ3n) is 3.21. The van der Waals surface area contributed by atoms with Gasteiger partial charge in [-0.25, -0.2) is 4.98 Å². The van der Waals surface area contributed by atoms with Crippen LogP contribution in [0.4, 0.5) is 0 Å². The number of carbonyl (C=O) groups is 1. The fourth-order valence-electron chi connectivity index (χ4n) is 1.97. The van der Waals surface area contributed by atoms with Crippen molar-refractivity contribution in [1.82, 2.24) is 10.3 Å². The number of pyridine rings is 1. The van der Waals surface area contributed by atoms with E-state index in [0.717, 1.165) is 5.56 Å². The minimum Gasteiger partial charge on any atom is -0.493 e. The maximum absolute atomic E-state index is 12.2. The van der Waals surface area contributed by atoms with Gasteiger partial charge in [-0.1, -0.05) is 39.0 Å². The normalized spacial score (nSPS) is 11.2. The molecule has 2 rings (SSSR count). The van der Waals surface area contributed by atoms with Crippen LogP contribution in [-0.4, -0.2) is 16.0 Å². The predicted octanol–water partition coefficient (Wildman–Crippen LogP) is 3.01. The number of carbonyl (C=O) groups excluding carboxylic acids is 1. The largest absolute Gasteiger partial charge is 0.493 e. The monoisotopic (exact) mass is 284 g/mol. The highest BCUT2D eigenvalue weighted by Gasteiger charge is 2.15. The second kappa shape index (κ2) is 5.95. The molecule has 110 valence electrons. The van der Waals surface area contributed by atoms with E-state index in [1.807, 2.05) is 18.2 Å². The second-order valence-corrected chi connectivity index (χ2v) is 6.00. The van der Waals surface area contributed by atoms with Crippen molar-refractivity contribution in [3.63, 3.8) is 0 Å². The van der Waals surface area contributed by atoms with Crippen molar-refractivity contribution in [3.8, 4) is 5.88 Å². The summed E-state index contributed by atoms with van der Waals surface area (Å²) in [4.78, 5) is 16.1. The summed E-state index contributed by atoms with van der Waals surface area (Å²) in [5.74, 6) is -0.192. The molecule has 1 heterocycles. The Hall–Kier alpha value is -2.36. The standard InChI is InChI=1S/C17H20N2O2/c1-17(2,3)13-7-4-6-12(10-13)16(21)18-11-14-8-5-9-15(20)19-14/h4-10H,11H2,1-3H3,(H,18,21)(H,19,20). The van der Waals surface area contributed by atoms with Gasteiger partial charge in [0.15, 0.2) is 0 Å². The smallest absolute Gasteiger partial charge is 0.251 e. The van der Waals surface area contributed by atoms with Crippen LogP contribution in [0.1, 0.15) is 42.4 Å². The number of benzene rings is 1. The lowest BCUT2D eigenvalue weighted by atomic mass is 9.86. The molecule has 0 aliphatic heterocycles. The highest BCUT2D eigenvalue weighted by atomic mass is 16.3. The van der Waals surface area contributed by atoms with Crippen LogP contribution in [0.5, 0.6) is 5.88 Å². The van der Waals surface area contributed by atoms with Gasteiger partial charge in [-0.2, -0.15) is 0 Å². The van der Waals surface area contributed by atoms with Gasteiger partial charge in [0, 0.05) is 11.6 Å². The van der Waals surface area contributed by atoms with Gasteiger partial charge in [-0.15, -0.1) is 0 Å². The molecule has 1 aromatic carbocycles. The van der Waals surface area contributed by atoms with Gasteiger partial charge in [-0.3, -0.25) is 4.79 Å². The first kappa shape index (κ1) is 15.0. The summed E-state index contributed by atoms with van der Waals surface area (Å²) in [6.07, 6.45) is 0. The summed E-state index contributed by atoms with van der Waals surface area (Å²) in [5.41, 5.74) is 2.37. The van der Waals surface area contributed by atoms with Crippen molar-refractivity contribution >= 4 is 5.91 Å². The Kier molecular flexibility index (Phi) is 4.26. The zero-order valence-electron chi connectivity index (χ0n) is 12.6. The number of aromatic hydroxyl groups is 1. The minimum absolute atomic E-state index is 0.00304. The van der Waals surface area contributed by atoms with Crippen LogP contribution in [0.15, 0.2) is 42.5 Å². The first-order valence-corrected chi connectivity index (χ1v) is 6.90. The number of nitrogens with zero attached hydrogens (tertiary/aromatic N) is 1. The van der Waals surface area contributed by atoms with E-state index in [0.29, 0.717) is 11.3 Å². The van der Waals surface area contributed by atoms with Gasteiger partial charge in [0.05, 0.1) is 12.2 Å². The van der Waals surface area contributed by atoms with Crippen LogP contribution in [0, 0.1) is 0 Å². The molecular weight excluding hydrogens is 264 g/mol. The van der Waals surface area contributed by atoms with Gasteiger partial charge >= 0.3 is 0 Å². The molecule has 0 bridgehead atoms. The van der Waals surface area contributed by atoms with E-state index in [-0.39, 0.29) is 23.7 Å². The van der Waals surface area contributed by atoms with Crippen LogP contribution in [0.3, 0.4) is 0 Å². The third kappa shape index (κ3) is 4.05. The van der Waals surface area contributed by atoms with Crippen molar-refractivity contribution in [2.45, 2.75) is 32.7 Å². The molecule has 2 N–H and O–H groups in total. The van der Waals surface area contributed by atoms with Gasteiger partial charge in [-0.05, 0) is 29.2 Å². The third-order valence-corrected chi connectivity index (χ3v) is 3.21. The molecule has 0 fully saturated rings. The predicted molar refractivity (Wildman–Crippen MR) is 82.2 cm³/mol. The highest BCUT2D eigenvalue weighted by molar-refractivity contribution is 5.94. The average molecular weight is 284 g/mol. The Morgan fingerprint density at radius 2 is 1.90 bits per heavy atom. The Labute approximate surface area is 124 Å². The van der Waals surface area contributed by atoms with Crippen LogP contribution in [0.25, 0.3) is 0 Å². The van der Waals surface area contributed by atoms with E-state index >= 15 is 0 Å². The fraction of sp³-hybridized carbons (Fsp3) is 0.294. The lowest BCUT2D eigenvalue weighted by molar-refractivity contribution is 0.0950. The van der Waals surface area contributed by atoms with Gasteiger partial charge in [0.1, 0.15) is 0 Å². The van der Waals surface area contributed by atoms with Crippen LogP contribution in [0.2, 0.25) is 0 Å². The second-order valence-electron chi connectivity index (χ2n) is 6.00. The van der Waals surface area contributed by atoms with Crippen molar-refractivity contribution < 1.29 is 9.90 Å². The van der Waals surface area contributed by atoms with Gasteiger partial charge in [0.25, 0.3) is 5.91 Å². The lowest BCUT2D eigenvalue weighted by Crippen LogP contribution is -2.24. The van der Waals surface area contributed by atoms with Crippen molar-refractivity contribution in [2.24, 2.45) is 0 Å². The molecule has 21 heavy (non-hydrogen) atoms. The molecule has 0 atom stereocenters.